The summed E-state index contributed by atoms with van der Waals surface area (Å²) < 4.78 is 5.13. The number of aliphatic hydroxyl groups excluding tert-OH is 1. The zero-order valence-electron chi connectivity index (χ0n) is 9.67. The zero-order chi connectivity index (χ0) is 12.3. The number of carbonyl (C=O) groups is 1. The molecular weight excluding hydrogens is 220 g/mol. The highest BCUT2D eigenvalue weighted by Crippen LogP contribution is 2.22. The van der Waals surface area contributed by atoms with Crippen LogP contribution in [0.15, 0.2) is 24.5 Å². The Labute approximate surface area is 99.8 Å². The van der Waals surface area contributed by atoms with Gasteiger partial charge in [-0.15, -0.1) is 0 Å². The summed E-state index contributed by atoms with van der Waals surface area (Å²) in [5.74, 6) is -0.209. The normalized spacial score (nSPS) is 28.0. The van der Waals surface area contributed by atoms with E-state index in [0.717, 1.165) is 12.8 Å². The third-order valence-corrected chi connectivity index (χ3v) is 3.10. The maximum atomic E-state index is 11.8. The second-order valence-electron chi connectivity index (χ2n) is 4.16. The van der Waals surface area contributed by atoms with E-state index in [-0.39, 0.29) is 18.1 Å². The van der Waals surface area contributed by atoms with E-state index in [1.165, 1.54) is 6.20 Å². The van der Waals surface area contributed by atoms with Gasteiger partial charge in [0, 0.05) is 19.5 Å². The largest absolute Gasteiger partial charge is 0.388 e. The van der Waals surface area contributed by atoms with Crippen LogP contribution in [0.5, 0.6) is 0 Å². The molecule has 0 radical (unpaired) electrons. The summed E-state index contributed by atoms with van der Waals surface area (Å²) >= 11 is 0. The van der Waals surface area contributed by atoms with Crippen molar-refractivity contribution in [3.8, 4) is 0 Å². The fraction of sp³-hybridized carbons (Fsp3) is 0.500. The molecule has 1 heterocycles. The van der Waals surface area contributed by atoms with Gasteiger partial charge in [0.25, 0.3) is 5.91 Å². The molecule has 0 aromatic carbocycles. The quantitative estimate of drug-likeness (QED) is 0.794. The van der Waals surface area contributed by atoms with E-state index in [4.69, 9.17) is 4.74 Å². The molecule has 1 saturated carbocycles. The summed E-state index contributed by atoms with van der Waals surface area (Å²) in [6.07, 6.45) is 3.78. The van der Waals surface area contributed by atoms with Gasteiger partial charge in [-0.2, -0.15) is 0 Å². The molecule has 2 rings (SSSR count). The number of carbonyl (C=O) groups excluding carboxylic acids is 1. The van der Waals surface area contributed by atoms with Crippen LogP contribution >= 0.6 is 0 Å². The third kappa shape index (κ3) is 2.62. The second-order valence-corrected chi connectivity index (χ2v) is 4.16. The Hall–Kier alpha value is -1.46. The Morgan fingerprint density at radius 2 is 2.41 bits per heavy atom. The first-order valence-corrected chi connectivity index (χ1v) is 5.64. The lowest BCUT2D eigenvalue weighted by Gasteiger charge is -2.19. The highest BCUT2D eigenvalue weighted by atomic mass is 16.5. The molecule has 0 saturated heterocycles. The molecular formula is C12H16N2O3. The van der Waals surface area contributed by atoms with Gasteiger partial charge in [0.2, 0.25) is 0 Å². The number of nitrogens with one attached hydrogen (secondary N) is 1. The van der Waals surface area contributed by atoms with Crippen LogP contribution in [-0.2, 0) is 4.74 Å². The van der Waals surface area contributed by atoms with Gasteiger partial charge in [-0.05, 0) is 25.0 Å². The van der Waals surface area contributed by atoms with Gasteiger partial charge in [0.1, 0.15) is 6.10 Å². The van der Waals surface area contributed by atoms with Crippen molar-refractivity contribution < 1.29 is 14.6 Å². The zero-order valence-corrected chi connectivity index (χ0v) is 9.67. The number of pyridine rings is 1. The van der Waals surface area contributed by atoms with Gasteiger partial charge < -0.3 is 15.2 Å². The van der Waals surface area contributed by atoms with Crippen molar-refractivity contribution in [2.45, 2.75) is 31.1 Å². The Morgan fingerprint density at radius 1 is 1.59 bits per heavy atom. The second kappa shape index (κ2) is 5.25. The lowest BCUT2D eigenvalue weighted by molar-refractivity contribution is 0.000206. The minimum atomic E-state index is -0.638. The van der Waals surface area contributed by atoms with E-state index < -0.39 is 6.10 Å². The fourth-order valence-corrected chi connectivity index (χ4v) is 2.11. The van der Waals surface area contributed by atoms with Crippen molar-refractivity contribution in [1.82, 2.24) is 10.3 Å². The molecule has 0 bridgehead atoms. The van der Waals surface area contributed by atoms with Gasteiger partial charge in [0.15, 0.2) is 0 Å². The highest BCUT2D eigenvalue weighted by molar-refractivity contribution is 5.94. The maximum Gasteiger partial charge on any atom is 0.253 e. The monoisotopic (exact) mass is 236 g/mol. The molecule has 1 amide bonds. The number of rotatable bonds is 3. The van der Waals surface area contributed by atoms with Crippen LogP contribution < -0.4 is 5.32 Å². The minimum absolute atomic E-state index is 0.186. The van der Waals surface area contributed by atoms with Gasteiger partial charge >= 0.3 is 0 Å². The number of hydrogen-bond acceptors (Lipinski definition) is 4. The Morgan fingerprint density at radius 3 is 3.00 bits per heavy atom. The standard InChI is InChI=1S/C12H16N2O3/c1-17-10-5-4-9(11(10)15)14-12(16)8-3-2-6-13-7-8/h2-3,6-7,9-11,15H,4-5H2,1H3,(H,14,16)/t9-,10-,11-/m1/s1. The lowest BCUT2D eigenvalue weighted by Crippen LogP contribution is -2.43. The molecule has 2 N–H and O–H groups in total. The number of hydrogen-bond donors (Lipinski definition) is 2. The minimum Gasteiger partial charge on any atom is -0.388 e. The molecule has 0 aliphatic heterocycles. The van der Waals surface area contributed by atoms with Crippen LogP contribution in [0.3, 0.4) is 0 Å². The predicted molar refractivity (Wildman–Crippen MR) is 61.5 cm³/mol. The van der Waals surface area contributed by atoms with E-state index in [1.54, 1.807) is 25.4 Å². The van der Waals surface area contributed by atoms with Crippen molar-refractivity contribution >= 4 is 5.91 Å². The van der Waals surface area contributed by atoms with E-state index >= 15 is 0 Å². The number of methoxy groups -OCH3 is 1. The van der Waals surface area contributed by atoms with Crippen molar-refractivity contribution in [2.75, 3.05) is 7.11 Å². The van der Waals surface area contributed by atoms with Crippen LogP contribution in [-0.4, -0.2) is 41.4 Å². The molecule has 3 atom stereocenters. The Balaban J connectivity index is 1.96. The van der Waals surface area contributed by atoms with Crippen molar-refractivity contribution in [3.05, 3.63) is 30.1 Å². The first-order chi connectivity index (χ1) is 8.22. The highest BCUT2D eigenvalue weighted by Gasteiger charge is 2.35. The number of ether oxygens (including phenoxy) is 1. The number of nitrogens with zero attached hydrogens (tertiary/aromatic N) is 1. The predicted octanol–water partition coefficient (Wildman–Crippen LogP) is 0.350. The van der Waals surface area contributed by atoms with Crippen LogP contribution in [0.25, 0.3) is 0 Å². The molecule has 92 valence electrons. The molecule has 1 fully saturated rings. The van der Waals surface area contributed by atoms with Crippen LogP contribution in [0.4, 0.5) is 0 Å². The van der Waals surface area contributed by atoms with Gasteiger partial charge in [-0.25, -0.2) is 0 Å². The lowest BCUT2D eigenvalue weighted by atomic mass is 10.2. The van der Waals surface area contributed by atoms with E-state index in [1.807, 2.05) is 0 Å². The molecule has 5 nitrogen and oxygen atoms in total. The molecule has 0 spiro atoms. The summed E-state index contributed by atoms with van der Waals surface area (Å²) in [4.78, 5) is 15.7. The number of aromatic nitrogens is 1. The molecule has 0 unspecified atom stereocenters. The molecule has 1 aliphatic rings. The van der Waals surface area contributed by atoms with Gasteiger partial charge in [-0.3, -0.25) is 9.78 Å². The van der Waals surface area contributed by atoms with Crippen LogP contribution in [0.2, 0.25) is 0 Å². The van der Waals surface area contributed by atoms with Gasteiger partial charge in [-0.1, -0.05) is 0 Å². The number of amides is 1. The molecule has 1 aromatic rings. The SMILES string of the molecule is CO[C@@H]1CC[C@@H](NC(=O)c2cccnc2)[C@H]1O. The average molecular weight is 236 g/mol. The molecule has 1 aliphatic carbocycles. The first kappa shape index (κ1) is 12.0. The van der Waals surface area contributed by atoms with E-state index in [9.17, 15) is 9.90 Å². The molecule has 17 heavy (non-hydrogen) atoms. The van der Waals surface area contributed by atoms with Crippen molar-refractivity contribution in [3.63, 3.8) is 0 Å². The van der Waals surface area contributed by atoms with Crippen molar-refractivity contribution in [2.24, 2.45) is 0 Å². The van der Waals surface area contributed by atoms with E-state index in [0.29, 0.717) is 5.56 Å². The summed E-state index contributed by atoms with van der Waals surface area (Å²) in [5.41, 5.74) is 0.501. The first-order valence-electron chi connectivity index (χ1n) is 5.64. The topological polar surface area (TPSA) is 71.5 Å². The Kier molecular flexibility index (Phi) is 3.71. The van der Waals surface area contributed by atoms with Crippen LogP contribution in [0.1, 0.15) is 23.2 Å². The van der Waals surface area contributed by atoms with Crippen LogP contribution in [0, 0.1) is 0 Å². The molecule has 5 heteroatoms. The summed E-state index contributed by atoms with van der Waals surface area (Å²) in [7, 11) is 1.57. The average Bonchev–Trinajstić information content (AvgIpc) is 2.71. The maximum absolute atomic E-state index is 11.8. The van der Waals surface area contributed by atoms with E-state index in [2.05, 4.69) is 10.3 Å². The van der Waals surface area contributed by atoms with Crippen molar-refractivity contribution in [1.29, 1.82) is 0 Å². The summed E-state index contributed by atoms with van der Waals surface area (Å²) in [5, 5.41) is 12.7. The Bertz CT molecular complexity index is 383. The molecule has 1 aromatic heterocycles. The fourth-order valence-electron chi connectivity index (χ4n) is 2.11. The summed E-state index contributed by atoms with van der Waals surface area (Å²) in [6, 6.07) is 3.16. The summed E-state index contributed by atoms with van der Waals surface area (Å²) in [6.45, 7) is 0. The third-order valence-electron chi connectivity index (χ3n) is 3.10. The smallest absolute Gasteiger partial charge is 0.253 e. The number of aliphatic hydroxyl groups is 1. The van der Waals surface area contributed by atoms with Gasteiger partial charge in [0.05, 0.1) is 17.7 Å².